The Morgan fingerprint density at radius 2 is 1.86 bits per heavy atom. The number of hydrogen-bond acceptors (Lipinski definition) is 5. The zero-order valence-corrected chi connectivity index (χ0v) is 24.9. The van der Waals surface area contributed by atoms with Crippen LogP contribution in [0.2, 0.25) is 0 Å². The minimum absolute atomic E-state index is 0.0223. The molecule has 1 aliphatic heterocycles. The molecule has 4 N–H and O–H groups in total. The predicted molar refractivity (Wildman–Crippen MR) is 156 cm³/mol. The summed E-state index contributed by atoms with van der Waals surface area (Å²) in [6.07, 6.45) is 1.55. The highest BCUT2D eigenvalue weighted by Crippen LogP contribution is 2.59. The van der Waals surface area contributed by atoms with E-state index in [2.05, 4.69) is 10.3 Å². The molecule has 5 rings (SSSR count). The molecule has 1 aliphatic rings. The fourth-order valence-corrected chi connectivity index (χ4v) is 6.55. The van der Waals surface area contributed by atoms with Crippen LogP contribution in [0.25, 0.3) is 22.2 Å². The minimum Gasteiger partial charge on any atom is -0.351 e. The van der Waals surface area contributed by atoms with Crippen LogP contribution in [0, 0.1) is 5.41 Å². The number of carbonyl (C=O) groups is 2. The van der Waals surface area contributed by atoms with E-state index >= 15 is 0 Å². The lowest BCUT2D eigenvalue weighted by Gasteiger charge is -2.35. The highest BCUT2D eigenvalue weighted by Gasteiger charge is 2.50. The molecule has 42 heavy (non-hydrogen) atoms. The van der Waals surface area contributed by atoms with E-state index in [9.17, 15) is 22.9 Å². The van der Waals surface area contributed by atoms with Crippen molar-refractivity contribution >= 4 is 41.6 Å². The van der Waals surface area contributed by atoms with Gasteiger partial charge in [-0.05, 0) is 36.5 Å². The first-order valence-corrected chi connectivity index (χ1v) is 15.8. The van der Waals surface area contributed by atoms with Crippen LogP contribution in [0.4, 0.5) is 8.78 Å². The number of fused-ring (bicyclic) bond motifs is 1. The van der Waals surface area contributed by atoms with Gasteiger partial charge in [-0.25, -0.2) is 4.98 Å². The largest absolute Gasteiger partial charge is 0.399 e. The van der Waals surface area contributed by atoms with Crippen molar-refractivity contribution in [3.63, 3.8) is 0 Å². The third kappa shape index (κ3) is 5.76. The molecule has 9 nitrogen and oxygen atoms in total. The minimum atomic E-state index is -5.75. The molecule has 2 amide bonds. The zero-order valence-electron chi connectivity index (χ0n) is 23.2. The smallest absolute Gasteiger partial charge is 0.351 e. The van der Waals surface area contributed by atoms with Crippen molar-refractivity contribution in [1.82, 2.24) is 20.2 Å². The molecule has 0 saturated carbocycles. The number of alkyl halides is 2. The number of nitrogens with zero attached hydrogens (tertiary/aromatic N) is 2. The molecule has 0 aliphatic carbocycles. The molecular weight excluding hydrogens is 585 g/mol. The second kappa shape index (κ2) is 11.0. The van der Waals surface area contributed by atoms with Crippen LogP contribution >= 0.6 is 18.9 Å². The van der Waals surface area contributed by atoms with E-state index in [1.165, 1.54) is 23.5 Å². The molecule has 2 aromatic heterocycles. The summed E-state index contributed by atoms with van der Waals surface area (Å²) in [6.45, 7) is 6.06. The van der Waals surface area contributed by atoms with Crippen molar-refractivity contribution in [3.8, 4) is 11.3 Å². The van der Waals surface area contributed by atoms with E-state index in [1.807, 2.05) is 56.5 Å². The molecule has 0 spiro atoms. The van der Waals surface area contributed by atoms with Gasteiger partial charge in [-0.15, -0.1) is 11.3 Å². The molecule has 3 heterocycles. The molecule has 13 heteroatoms. The molecule has 0 radical (unpaired) electrons. The number of benzene rings is 2. The molecule has 2 aromatic carbocycles. The van der Waals surface area contributed by atoms with Gasteiger partial charge in [0.2, 0.25) is 5.91 Å². The van der Waals surface area contributed by atoms with Gasteiger partial charge in [-0.3, -0.25) is 14.2 Å². The Morgan fingerprint density at radius 1 is 1.14 bits per heavy atom. The average Bonchev–Trinajstić information content (AvgIpc) is 3.69. The number of thiazole rings is 1. The highest BCUT2D eigenvalue weighted by atomic mass is 32.1. The Bertz CT molecular complexity index is 1680. The standard InChI is InChI=1S/C29H31F2N4O5PS/c1-28(2,3)24(27(37)35-13-7-10-23(35)26-33-22(16-42-26)17-8-5-4-6-9-17)34-25(36)21-15-18-14-19(11-12-20(18)32-21)29(30,31)41(38,39)40/h4-6,8-9,11-12,14-16,23-24,32H,7,10,13H2,1-3H3,(H,34,36)(H2,38,39,40)/t23-,24+/m0/s1. The van der Waals surface area contributed by atoms with Gasteiger partial charge in [0.05, 0.1) is 11.7 Å². The van der Waals surface area contributed by atoms with E-state index in [0.29, 0.717) is 12.1 Å². The lowest BCUT2D eigenvalue weighted by atomic mass is 9.85. The summed E-state index contributed by atoms with van der Waals surface area (Å²) in [5, 5.41) is 5.81. The molecule has 1 fully saturated rings. The number of aromatic nitrogens is 2. The Hall–Kier alpha value is -3.44. The maximum Gasteiger partial charge on any atom is 0.399 e. The van der Waals surface area contributed by atoms with E-state index in [0.717, 1.165) is 41.2 Å². The fourth-order valence-electron chi connectivity index (χ4n) is 5.10. The second-order valence-corrected chi connectivity index (χ2v) is 14.0. The summed E-state index contributed by atoms with van der Waals surface area (Å²) in [5.41, 5.74) is -3.73. The maximum absolute atomic E-state index is 14.2. The normalized spacial score (nSPS) is 17.0. The van der Waals surface area contributed by atoms with Crippen molar-refractivity contribution in [2.45, 2.75) is 51.4 Å². The predicted octanol–water partition coefficient (Wildman–Crippen LogP) is 6.03. The molecule has 4 aromatic rings. The molecular formula is C29H31F2N4O5PS. The Balaban J connectivity index is 1.37. The summed E-state index contributed by atoms with van der Waals surface area (Å²) < 4.78 is 39.8. The molecule has 2 atom stereocenters. The lowest BCUT2D eigenvalue weighted by molar-refractivity contribution is -0.136. The molecule has 0 bridgehead atoms. The first-order valence-electron chi connectivity index (χ1n) is 13.4. The summed E-state index contributed by atoms with van der Waals surface area (Å²) >= 11 is 1.50. The number of rotatable bonds is 7. The van der Waals surface area contributed by atoms with Crippen molar-refractivity contribution in [2.24, 2.45) is 5.41 Å². The summed E-state index contributed by atoms with van der Waals surface area (Å²) in [5.74, 6) is -0.853. The quantitative estimate of drug-likeness (QED) is 0.187. The summed E-state index contributed by atoms with van der Waals surface area (Å²) in [4.78, 5) is 54.9. The van der Waals surface area contributed by atoms with Crippen LogP contribution in [0.3, 0.4) is 0 Å². The third-order valence-corrected chi connectivity index (χ3v) is 9.32. The van der Waals surface area contributed by atoms with E-state index < -0.39 is 36.2 Å². The maximum atomic E-state index is 14.2. The van der Waals surface area contributed by atoms with Crippen LogP contribution in [0.15, 0.2) is 60.0 Å². The molecule has 1 saturated heterocycles. The number of aromatic amines is 1. The number of amides is 2. The number of likely N-dealkylation sites (tertiary alicyclic amines) is 1. The number of nitrogens with one attached hydrogen (secondary N) is 2. The van der Waals surface area contributed by atoms with Crippen molar-refractivity contribution < 1.29 is 32.7 Å². The molecule has 0 unspecified atom stereocenters. The van der Waals surface area contributed by atoms with Gasteiger partial charge in [0.1, 0.15) is 16.7 Å². The first kappa shape index (κ1) is 30.0. The van der Waals surface area contributed by atoms with Crippen LogP contribution in [-0.4, -0.2) is 49.1 Å². The number of halogens is 2. The third-order valence-electron chi connectivity index (χ3n) is 7.38. The van der Waals surface area contributed by atoms with Crippen molar-refractivity contribution in [1.29, 1.82) is 0 Å². The second-order valence-electron chi connectivity index (χ2n) is 11.5. The Labute approximate surface area is 245 Å². The van der Waals surface area contributed by atoms with Crippen molar-refractivity contribution in [3.05, 3.63) is 76.2 Å². The van der Waals surface area contributed by atoms with E-state index in [4.69, 9.17) is 14.8 Å². The number of H-pyrrole nitrogens is 1. The number of carbonyl (C=O) groups excluding carboxylic acids is 2. The van der Waals surface area contributed by atoms with Crippen molar-refractivity contribution in [2.75, 3.05) is 6.54 Å². The van der Waals surface area contributed by atoms with Crippen LogP contribution in [0.1, 0.15) is 60.7 Å². The number of hydrogen-bond donors (Lipinski definition) is 4. The average molecular weight is 617 g/mol. The van der Waals surface area contributed by atoms with Crippen LogP contribution in [0.5, 0.6) is 0 Å². The van der Waals surface area contributed by atoms with Gasteiger partial charge < -0.3 is 25.0 Å². The Kier molecular flexibility index (Phi) is 7.86. The van der Waals surface area contributed by atoms with Gasteiger partial charge in [-0.1, -0.05) is 57.2 Å². The summed E-state index contributed by atoms with van der Waals surface area (Å²) in [6, 6.07) is 13.0. The first-order chi connectivity index (χ1) is 19.7. The topological polar surface area (TPSA) is 136 Å². The monoisotopic (exact) mass is 616 g/mol. The fraction of sp³-hybridized carbons (Fsp3) is 0.345. The van der Waals surface area contributed by atoms with E-state index in [-0.39, 0.29) is 23.0 Å². The van der Waals surface area contributed by atoms with Gasteiger partial charge in [0, 0.05) is 34.0 Å². The van der Waals surface area contributed by atoms with Crippen LogP contribution in [-0.2, 0) is 15.0 Å². The van der Waals surface area contributed by atoms with Gasteiger partial charge in [-0.2, -0.15) is 8.78 Å². The summed E-state index contributed by atoms with van der Waals surface area (Å²) in [7, 11) is -5.75. The van der Waals surface area contributed by atoms with Gasteiger partial charge >= 0.3 is 13.3 Å². The van der Waals surface area contributed by atoms with Gasteiger partial charge in [0.25, 0.3) is 5.91 Å². The molecule has 222 valence electrons. The SMILES string of the molecule is CC(C)(C)[C@H](NC(=O)c1cc2cc(C(F)(F)P(=O)(O)O)ccc2[nH]1)C(=O)N1CCC[C@H]1c1nc(-c2ccccc2)cs1. The lowest BCUT2D eigenvalue weighted by Crippen LogP contribution is -2.54. The van der Waals surface area contributed by atoms with Gasteiger partial charge in [0.15, 0.2) is 0 Å². The van der Waals surface area contributed by atoms with E-state index in [1.54, 1.807) is 4.90 Å². The highest BCUT2D eigenvalue weighted by molar-refractivity contribution is 7.52. The van der Waals surface area contributed by atoms with Crippen LogP contribution < -0.4 is 5.32 Å². The zero-order chi connectivity index (χ0) is 30.4. The Morgan fingerprint density at radius 3 is 2.52 bits per heavy atom.